The molecule has 2 aromatic carbocycles. The molecule has 0 unspecified atom stereocenters. The van der Waals surface area contributed by atoms with Crippen LogP contribution in [0.4, 0.5) is 0 Å². The average Bonchev–Trinajstić information content (AvgIpc) is 3.05. The molecule has 6 heteroatoms. The number of nitrogens with two attached hydrogens (primary N) is 1. The van der Waals surface area contributed by atoms with Crippen molar-refractivity contribution >= 4 is 23.5 Å². The van der Waals surface area contributed by atoms with Crippen molar-refractivity contribution in [3.05, 3.63) is 54.1 Å². The van der Waals surface area contributed by atoms with Crippen LogP contribution < -0.4 is 5.73 Å². The second kappa shape index (κ2) is 7.76. The van der Waals surface area contributed by atoms with Gasteiger partial charge in [-0.1, -0.05) is 24.3 Å². The molecule has 0 spiro atoms. The zero-order chi connectivity index (χ0) is 17.3. The number of benzene rings is 2. The highest BCUT2D eigenvalue weighted by Gasteiger charge is 2.29. The highest BCUT2D eigenvalue weighted by molar-refractivity contribution is 5.85. The van der Waals surface area contributed by atoms with Crippen molar-refractivity contribution in [2.45, 2.75) is 44.1 Å². The van der Waals surface area contributed by atoms with Gasteiger partial charge in [0.1, 0.15) is 11.2 Å². The molecule has 1 saturated carbocycles. The fourth-order valence-electron chi connectivity index (χ4n) is 3.21. The second-order valence-corrected chi connectivity index (χ2v) is 6.80. The number of hydrogen-bond acceptors (Lipinski definition) is 5. The maximum absolute atomic E-state index is 9.78. The van der Waals surface area contributed by atoms with Crippen molar-refractivity contribution in [1.82, 2.24) is 4.98 Å². The van der Waals surface area contributed by atoms with Crippen LogP contribution in [0.5, 0.6) is 0 Å². The number of fused-ring (bicyclic) bond motifs is 1. The third-order valence-electron chi connectivity index (χ3n) is 4.78. The predicted octanol–water partition coefficient (Wildman–Crippen LogP) is 4.02. The molecule has 0 radical (unpaired) electrons. The third-order valence-corrected chi connectivity index (χ3v) is 4.78. The van der Waals surface area contributed by atoms with Crippen molar-refractivity contribution in [3.8, 4) is 11.5 Å². The fraction of sp³-hybridized carbons (Fsp3) is 0.350. The summed E-state index contributed by atoms with van der Waals surface area (Å²) in [6.45, 7) is 0.557. The van der Waals surface area contributed by atoms with Gasteiger partial charge in [0.15, 0.2) is 5.58 Å². The third kappa shape index (κ3) is 4.24. The normalized spacial score (nSPS) is 22.9. The standard InChI is InChI=1S/C20H22N2O3.ClH/c21-20(23)11-9-16(10-12-20)24-13-14-5-7-15(8-6-14)19-22-17-3-1-2-4-18(17)25-19;/h1-8,16,23H,9-13,21H2;1H/t16-,20-;. The van der Waals surface area contributed by atoms with Gasteiger partial charge in [0.05, 0.1) is 12.7 Å². The number of halogens is 1. The lowest BCUT2D eigenvalue weighted by molar-refractivity contribution is -0.0571. The van der Waals surface area contributed by atoms with Crippen LogP contribution in [-0.4, -0.2) is 21.9 Å². The summed E-state index contributed by atoms with van der Waals surface area (Å²) in [4.78, 5) is 4.51. The summed E-state index contributed by atoms with van der Waals surface area (Å²) in [7, 11) is 0. The second-order valence-electron chi connectivity index (χ2n) is 6.80. The molecule has 0 saturated heterocycles. The number of nitrogens with zero attached hydrogens (tertiary/aromatic N) is 1. The van der Waals surface area contributed by atoms with Crippen molar-refractivity contribution in [1.29, 1.82) is 0 Å². The molecule has 0 aliphatic heterocycles. The van der Waals surface area contributed by atoms with Crippen molar-refractivity contribution in [2.75, 3.05) is 0 Å². The van der Waals surface area contributed by atoms with Gasteiger partial charge in [-0.15, -0.1) is 12.4 Å². The van der Waals surface area contributed by atoms with Gasteiger partial charge in [-0.2, -0.15) is 0 Å². The van der Waals surface area contributed by atoms with Gasteiger partial charge in [0, 0.05) is 5.56 Å². The summed E-state index contributed by atoms with van der Waals surface area (Å²) in [5.74, 6) is 0.628. The van der Waals surface area contributed by atoms with E-state index in [9.17, 15) is 5.11 Å². The first-order valence-electron chi connectivity index (χ1n) is 8.67. The Morgan fingerprint density at radius 3 is 2.50 bits per heavy atom. The first-order valence-corrected chi connectivity index (χ1v) is 8.67. The number of oxazole rings is 1. The first-order chi connectivity index (χ1) is 12.1. The Bertz CT molecular complexity index is 818. The molecular weight excluding hydrogens is 352 g/mol. The van der Waals surface area contributed by atoms with E-state index in [0.717, 1.165) is 35.1 Å². The molecule has 26 heavy (non-hydrogen) atoms. The van der Waals surface area contributed by atoms with E-state index in [0.29, 0.717) is 25.3 Å². The summed E-state index contributed by atoms with van der Waals surface area (Å²) in [6, 6.07) is 15.8. The van der Waals surface area contributed by atoms with E-state index in [-0.39, 0.29) is 18.5 Å². The molecule has 3 aromatic rings. The topological polar surface area (TPSA) is 81.5 Å². The van der Waals surface area contributed by atoms with Crippen molar-refractivity contribution in [2.24, 2.45) is 5.73 Å². The Labute approximate surface area is 158 Å². The molecule has 0 amide bonds. The number of para-hydroxylation sites is 2. The summed E-state index contributed by atoms with van der Waals surface area (Å²) in [6.07, 6.45) is 2.95. The van der Waals surface area contributed by atoms with Gasteiger partial charge >= 0.3 is 0 Å². The van der Waals surface area contributed by atoms with E-state index >= 15 is 0 Å². The highest BCUT2D eigenvalue weighted by atomic mass is 35.5. The number of hydrogen-bond donors (Lipinski definition) is 2. The SMILES string of the molecule is Cl.N[C@]1(O)CC[C@H](OCc2ccc(-c3nc4ccccc4o3)cc2)CC1. The average molecular weight is 375 g/mol. The van der Waals surface area contributed by atoms with Crippen LogP contribution in [0.15, 0.2) is 52.9 Å². The number of rotatable bonds is 4. The van der Waals surface area contributed by atoms with Gasteiger partial charge < -0.3 is 20.0 Å². The van der Waals surface area contributed by atoms with E-state index in [1.54, 1.807) is 0 Å². The van der Waals surface area contributed by atoms with E-state index < -0.39 is 5.72 Å². The van der Waals surface area contributed by atoms with Crippen molar-refractivity contribution < 1.29 is 14.3 Å². The quantitative estimate of drug-likeness (QED) is 0.674. The van der Waals surface area contributed by atoms with E-state index in [1.165, 1.54) is 0 Å². The van der Waals surface area contributed by atoms with Gasteiger partial charge in [-0.05, 0) is 55.5 Å². The van der Waals surface area contributed by atoms with Crippen LogP contribution in [-0.2, 0) is 11.3 Å². The molecule has 1 aliphatic rings. The summed E-state index contributed by atoms with van der Waals surface area (Å²) < 4.78 is 11.7. The minimum Gasteiger partial charge on any atom is -0.436 e. The lowest BCUT2D eigenvalue weighted by Crippen LogP contribution is -2.44. The Hall–Kier alpha value is -1.92. The molecule has 138 valence electrons. The summed E-state index contributed by atoms with van der Waals surface area (Å²) in [5, 5.41) is 9.78. The zero-order valence-electron chi connectivity index (χ0n) is 14.4. The number of aliphatic hydroxyl groups is 1. The zero-order valence-corrected chi connectivity index (χ0v) is 15.2. The van der Waals surface area contributed by atoms with Crippen LogP contribution in [0.3, 0.4) is 0 Å². The molecule has 4 rings (SSSR count). The van der Waals surface area contributed by atoms with Crippen LogP contribution in [0.2, 0.25) is 0 Å². The Kier molecular flexibility index (Phi) is 5.63. The molecule has 3 N–H and O–H groups in total. The largest absolute Gasteiger partial charge is 0.436 e. The highest BCUT2D eigenvalue weighted by Crippen LogP contribution is 2.27. The molecule has 1 heterocycles. The first kappa shape index (κ1) is 18.9. The van der Waals surface area contributed by atoms with E-state index in [1.807, 2.05) is 48.5 Å². The van der Waals surface area contributed by atoms with Gasteiger partial charge in [-0.25, -0.2) is 4.98 Å². The molecular formula is C20H23ClN2O3. The molecule has 1 fully saturated rings. The van der Waals surface area contributed by atoms with Gasteiger partial charge in [0.25, 0.3) is 0 Å². The van der Waals surface area contributed by atoms with Gasteiger partial charge in [-0.3, -0.25) is 0 Å². The number of aromatic nitrogens is 1. The number of ether oxygens (including phenoxy) is 1. The predicted molar refractivity (Wildman–Crippen MR) is 103 cm³/mol. The Morgan fingerprint density at radius 1 is 1.12 bits per heavy atom. The minimum atomic E-state index is -1.01. The maximum atomic E-state index is 9.78. The Morgan fingerprint density at radius 2 is 1.81 bits per heavy atom. The fourth-order valence-corrected chi connectivity index (χ4v) is 3.21. The van der Waals surface area contributed by atoms with Crippen LogP contribution in [0, 0.1) is 0 Å². The lowest BCUT2D eigenvalue weighted by atomic mass is 9.90. The maximum Gasteiger partial charge on any atom is 0.227 e. The molecule has 5 nitrogen and oxygen atoms in total. The van der Waals surface area contributed by atoms with Crippen LogP contribution >= 0.6 is 12.4 Å². The molecule has 1 aliphatic carbocycles. The van der Waals surface area contributed by atoms with Crippen molar-refractivity contribution in [3.63, 3.8) is 0 Å². The van der Waals surface area contributed by atoms with E-state index in [4.69, 9.17) is 14.9 Å². The molecule has 0 bridgehead atoms. The van der Waals surface area contributed by atoms with Gasteiger partial charge in [0.2, 0.25) is 5.89 Å². The smallest absolute Gasteiger partial charge is 0.227 e. The van der Waals surface area contributed by atoms with E-state index in [2.05, 4.69) is 4.98 Å². The van der Waals surface area contributed by atoms with Crippen LogP contribution in [0.1, 0.15) is 31.2 Å². The van der Waals surface area contributed by atoms with Crippen LogP contribution in [0.25, 0.3) is 22.6 Å². The lowest BCUT2D eigenvalue weighted by Gasteiger charge is -2.32. The molecule has 1 aromatic heterocycles. The summed E-state index contributed by atoms with van der Waals surface area (Å²) in [5.41, 5.74) is 8.43. The molecule has 0 atom stereocenters. The minimum absolute atomic E-state index is 0. The Balaban J connectivity index is 0.00000196. The summed E-state index contributed by atoms with van der Waals surface area (Å²) >= 11 is 0. The monoisotopic (exact) mass is 374 g/mol.